The number of hydrogen-bond donors (Lipinski definition) is 0. The zero-order valence-corrected chi connectivity index (χ0v) is 17.7. The Morgan fingerprint density at radius 1 is 1.14 bits per heavy atom. The second kappa shape index (κ2) is 9.38. The van der Waals surface area contributed by atoms with Gasteiger partial charge in [0.25, 0.3) is 0 Å². The molecule has 1 aliphatic heterocycles. The van der Waals surface area contributed by atoms with Gasteiger partial charge in [-0.3, -0.25) is 4.79 Å². The van der Waals surface area contributed by atoms with Gasteiger partial charge in [0.2, 0.25) is 0 Å². The second-order valence-corrected chi connectivity index (χ2v) is 8.45. The van der Waals surface area contributed by atoms with Crippen molar-refractivity contribution in [2.45, 2.75) is 58.4 Å². The van der Waals surface area contributed by atoms with Crippen LogP contribution in [0.4, 0.5) is 0 Å². The number of esters is 1. The van der Waals surface area contributed by atoms with Crippen molar-refractivity contribution >= 4 is 5.97 Å². The molecule has 150 valence electrons. The molecule has 1 saturated heterocycles. The number of rotatable bonds is 6. The minimum Gasteiger partial charge on any atom is -0.426 e. The third kappa shape index (κ3) is 5.02. The lowest BCUT2D eigenvalue weighted by Gasteiger charge is -2.35. The third-order valence-corrected chi connectivity index (χ3v) is 5.85. The Hall–Kier alpha value is -2.13. The lowest BCUT2D eigenvalue weighted by Crippen LogP contribution is -2.37. The van der Waals surface area contributed by atoms with E-state index in [1.54, 1.807) is 0 Å². The van der Waals surface area contributed by atoms with Crippen LogP contribution in [0.2, 0.25) is 0 Å². The van der Waals surface area contributed by atoms with Crippen molar-refractivity contribution in [3.05, 3.63) is 65.2 Å². The summed E-state index contributed by atoms with van der Waals surface area (Å²) < 4.78 is 5.83. The van der Waals surface area contributed by atoms with Crippen molar-refractivity contribution in [2.24, 2.45) is 5.92 Å². The number of nitrogens with zero attached hydrogens (tertiary/aromatic N) is 1. The molecule has 3 rings (SSSR count). The molecule has 1 heterocycles. The Morgan fingerprint density at radius 3 is 2.57 bits per heavy atom. The number of aryl methyl sites for hydroxylation is 1. The molecule has 0 bridgehead atoms. The summed E-state index contributed by atoms with van der Waals surface area (Å²) in [7, 11) is 2.24. The molecule has 1 aliphatic rings. The minimum absolute atomic E-state index is 0.145. The van der Waals surface area contributed by atoms with E-state index in [-0.39, 0.29) is 17.8 Å². The molecule has 2 aromatic carbocycles. The summed E-state index contributed by atoms with van der Waals surface area (Å²) in [5.74, 6) is 0.596. The number of carbonyl (C=O) groups is 1. The maximum absolute atomic E-state index is 12.3. The number of benzene rings is 2. The molecule has 3 nitrogen and oxygen atoms in total. The third-order valence-electron chi connectivity index (χ3n) is 5.85. The molecule has 2 unspecified atom stereocenters. The summed E-state index contributed by atoms with van der Waals surface area (Å²) in [4.78, 5) is 14.8. The Labute approximate surface area is 169 Å². The fraction of sp³-hybridized carbons (Fsp3) is 0.480. The Kier molecular flexibility index (Phi) is 6.90. The SMILES string of the molecule is Cc1ccc(OC(=O)C(C)C)c(C(CC2CCCCN2C)c2ccccc2)c1. The van der Waals surface area contributed by atoms with Gasteiger partial charge >= 0.3 is 5.97 Å². The zero-order chi connectivity index (χ0) is 20.1. The summed E-state index contributed by atoms with van der Waals surface area (Å²) in [5, 5.41) is 0. The highest BCUT2D eigenvalue weighted by Crippen LogP contribution is 2.38. The average molecular weight is 380 g/mol. The van der Waals surface area contributed by atoms with Gasteiger partial charge in [-0.05, 0) is 51.4 Å². The van der Waals surface area contributed by atoms with Crippen LogP contribution in [0.3, 0.4) is 0 Å². The first-order valence-corrected chi connectivity index (χ1v) is 10.5. The molecule has 0 saturated carbocycles. The number of hydrogen-bond acceptors (Lipinski definition) is 3. The maximum atomic E-state index is 12.3. The molecule has 2 aromatic rings. The standard InChI is InChI=1S/C25H33NO2/c1-18(2)25(27)28-24-14-13-19(3)16-23(24)22(20-10-6-5-7-11-20)17-21-12-8-9-15-26(21)4/h5-7,10-11,13-14,16,18,21-22H,8-9,12,15,17H2,1-4H3. The number of ether oxygens (including phenoxy) is 1. The van der Waals surface area contributed by atoms with E-state index < -0.39 is 0 Å². The van der Waals surface area contributed by atoms with E-state index in [4.69, 9.17) is 4.74 Å². The predicted octanol–water partition coefficient (Wildman–Crippen LogP) is 5.56. The maximum Gasteiger partial charge on any atom is 0.313 e. The van der Waals surface area contributed by atoms with Crippen LogP contribution in [0.1, 0.15) is 62.1 Å². The van der Waals surface area contributed by atoms with Crippen molar-refractivity contribution in [1.82, 2.24) is 4.90 Å². The van der Waals surface area contributed by atoms with E-state index in [2.05, 4.69) is 55.3 Å². The van der Waals surface area contributed by atoms with Crippen molar-refractivity contribution in [3.63, 3.8) is 0 Å². The first kappa shape index (κ1) is 20.6. The van der Waals surface area contributed by atoms with Gasteiger partial charge in [0.05, 0.1) is 5.92 Å². The molecule has 1 fully saturated rings. The monoisotopic (exact) mass is 379 g/mol. The fourth-order valence-corrected chi connectivity index (χ4v) is 4.10. The average Bonchev–Trinajstić information content (AvgIpc) is 2.69. The minimum atomic E-state index is -0.174. The first-order chi connectivity index (χ1) is 13.5. The van der Waals surface area contributed by atoms with E-state index in [0.717, 1.165) is 18.5 Å². The van der Waals surface area contributed by atoms with Crippen LogP contribution in [-0.2, 0) is 4.79 Å². The van der Waals surface area contributed by atoms with E-state index in [1.165, 1.54) is 30.4 Å². The second-order valence-electron chi connectivity index (χ2n) is 8.45. The van der Waals surface area contributed by atoms with Crippen LogP contribution < -0.4 is 4.74 Å². The van der Waals surface area contributed by atoms with Crippen molar-refractivity contribution in [1.29, 1.82) is 0 Å². The van der Waals surface area contributed by atoms with Gasteiger partial charge in [0, 0.05) is 17.5 Å². The van der Waals surface area contributed by atoms with Crippen LogP contribution in [0.15, 0.2) is 48.5 Å². The summed E-state index contributed by atoms with van der Waals surface area (Å²) >= 11 is 0. The molecule has 3 heteroatoms. The van der Waals surface area contributed by atoms with Crippen LogP contribution in [0.25, 0.3) is 0 Å². The highest BCUT2D eigenvalue weighted by Gasteiger charge is 2.27. The molecular weight excluding hydrogens is 346 g/mol. The van der Waals surface area contributed by atoms with E-state index in [1.807, 2.05) is 26.0 Å². The van der Waals surface area contributed by atoms with Crippen LogP contribution >= 0.6 is 0 Å². The van der Waals surface area contributed by atoms with E-state index in [0.29, 0.717) is 11.8 Å². The number of piperidine rings is 1. The Morgan fingerprint density at radius 2 is 1.89 bits per heavy atom. The molecule has 0 N–H and O–H groups in total. The highest BCUT2D eigenvalue weighted by molar-refractivity contribution is 5.75. The molecule has 0 amide bonds. The number of carbonyl (C=O) groups excluding carboxylic acids is 1. The predicted molar refractivity (Wildman–Crippen MR) is 115 cm³/mol. The van der Waals surface area contributed by atoms with Gasteiger partial charge in [-0.15, -0.1) is 0 Å². The molecule has 0 aromatic heterocycles. The Balaban J connectivity index is 1.99. The molecule has 0 radical (unpaired) electrons. The largest absolute Gasteiger partial charge is 0.426 e. The first-order valence-electron chi connectivity index (χ1n) is 10.5. The van der Waals surface area contributed by atoms with E-state index >= 15 is 0 Å². The molecule has 0 aliphatic carbocycles. The summed E-state index contributed by atoms with van der Waals surface area (Å²) in [5.41, 5.74) is 3.60. The fourth-order valence-electron chi connectivity index (χ4n) is 4.10. The van der Waals surface area contributed by atoms with Crippen LogP contribution in [-0.4, -0.2) is 30.5 Å². The smallest absolute Gasteiger partial charge is 0.313 e. The molecule has 28 heavy (non-hydrogen) atoms. The molecular formula is C25H33NO2. The van der Waals surface area contributed by atoms with Gasteiger partial charge in [-0.1, -0.05) is 68.3 Å². The Bertz CT molecular complexity index is 784. The van der Waals surface area contributed by atoms with Gasteiger partial charge < -0.3 is 9.64 Å². The van der Waals surface area contributed by atoms with Gasteiger partial charge in [0.1, 0.15) is 5.75 Å². The zero-order valence-electron chi connectivity index (χ0n) is 17.7. The van der Waals surface area contributed by atoms with Gasteiger partial charge in [-0.2, -0.15) is 0 Å². The summed E-state index contributed by atoms with van der Waals surface area (Å²) in [6, 6.07) is 17.4. The van der Waals surface area contributed by atoms with Gasteiger partial charge in [-0.25, -0.2) is 0 Å². The highest BCUT2D eigenvalue weighted by atomic mass is 16.5. The lowest BCUT2D eigenvalue weighted by atomic mass is 9.82. The van der Waals surface area contributed by atoms with Gasteiger partial charge in [0.15, 0.2) is 0 Å². The molecule has 2 atom stereocenters. The summed E-state index contributed by atoms with van der Waals surface area (Å²) in [6.07, 6.45) is 4.84. The normalized spacial score (nSPS) is 18.8. The lowest BCUT2D eigenvalue weighted by molar-refractivity contribution is -0.137. The van der Waals surface area contributed by atoms with Crippen LogP contribution in [0, 0.1) is 12.8 Å². The quantitative estimate of drug-likeness (QED) is 0.486. The van der Waals surface area contributed by atoms with Crippen LogP contribution in [0.5, 0.6) is 5.75 Å². The topological polar surface area (TPSA) is 29.5 Å². The van der Waals surface area contributed by atoms with Crippen molar-refractivity contribution in [2.75, 3.05) is 13.6 Å². The van der Waals surface area contributed by atoms with Crippen molar-refractivity contribution < 1.29 is 9.53 Å². The summed E-state index contributed by atoms with van der Waals surface area (Å²) in [6.45, 7) is 7.02. The number of likely N-dealkylation sites (tertiary alicyclic amines) is 1. The van der Waals surface area contributed by atoms with Crippen molar-refractivity contribution in [3.8, 4) is 5.75 Å². The van der Waals surface area contributed by atoms with E-state index in [9.17, 15) is 4.79 Å². The molecule has 0 spiro atoms.